The number of anilines is 2. The van der Waals surface area contributed by atoms with Crippen molar-refractivity contribution >= 4 is 39.9 Å². The Morgan fingerprint density at radius 1 is 1.11 bits per heavy atom. The summed E-state index contributed by atoms with van der Waals surface area (Å²) in [6.07, 6.45) is 2.72. The van der Waals surface area contributed by atoms with Crippen molar-refractivity contribution in [3.63, 3.8) is 0 Å². The van der Waals surface area contributed by atoms with Gasteiger partial charge in [0.2, 0.25) is 16.9 Å². The smallest absolute Gasteiger partial charge is 0.257 e. The Labute approximate surface area is 213 Å². The molecule has 2 aromatic carbocycles. The third kappa shape index (κ3) is 6.25. The average molecular weight is 508 g/mol. The number of carbonyl (C=O) groups is 3. The number of hydrogen-bond acceptors (Lipinski definition) is 7. The number of unbranched alkanes of at least 4 members (excludes halogenated alkanes) is 1. The van der Waals surface area contributed by atoms with E-state index in [1.807, 2.05) is 24.3 Å². The van der Waals surface area contributed by atoms with Crippen molar-refractivity contribution in [1.29, 1.82) is 0 Å². The summed E-state index contributed by atoms with van der Waals surface area (Å²) in [4.78, 5) is 39.2. The fourth-order valence-corrected chi connectivity index (χ4v) is 4.78. The molecule has 2 heterocycles. The van der Waals surface area contributed by atoms with E-state index in [0.717, 1.165) is 29.2 Å². The molecule has 1 aliphatic rings. The summed E-state index contributed by atoms with van der Waals surface area (Å²) in [5.74, 6) is -0.0613. The molecule has 1 unspecified atom stereocenters. The van der Waals surface area contributed by atoms with Crippen molar-refractivity contribution in [2.45, 2.75) is 32.6 Å². The van der Waals surface area contributed by atoms with E-state index in [-0.39, 0.29) is 30.1 Å². The Morgan fingerprint density at radius 2 is 1.89 bits per heavy atom. The quantitative estimate of drug-likeness (QED) is 0.429. The molecule has 3 aromatic rings. The molecular weight excluding hydrogens is 478 g/mol. The second kappa shape index (κ2) is 11.8. The third-order valence-corrected chi connectivity index (χ3v) is 6.84. The van der Waals surface area contributed by atoms with Crippen LogP contribution in [0.25, 0.3) is 0 Å². The number of ether oxygens (including phenoxy) is 1. The first-order chi connectivity index (χ1) is 17.5. The van der Waals surface area contributed by atoms with Gasteiger partial charge in [0.15, 0.2) is 0 Å². The van der Waals surface area contributed by atoms with Gasteiger partial charge in [-0.3, -0.25) is 19.7 Å². The van der Waals surface area contributed by atoms with E-state index in [1.54, 1.807) is 36.3 Å². The van der Waals surface area contributed by atoms with E-state index >= 15 is 0 Å². The van der Waals surface area contributed by atoms with Crippen molar-refractivity contribution in [2.24, 2.45) is 5.92 Å². The van der Waals surface area contributed by atoms with Crippen LogP contribution in [0.2, 0.25) is 0 Å². The van der Waals surface area contributed by atoms with Gasteiger partial charge in [0.1, 0.15) is 10.8 Å². The molecule has 4 rings (SSSR count). The van der Waals surface area contributed by atoms with Gasteiger partial charge in [0.25, 0.3) is 5.91 Å². The Hall–Kier alpha value is -3.79. The highest BCUT2D eigenvalue weighted by Crippen LogP contribution is 2.25. The number of para-hydroxylation sites is 1. The first kappa shape index (κ1) is 25.3. The topological polar surface area (TPSA) is 114 Å². The maximum atomic E-state index is 12.7. The van der Waals surface area contributed by atoms with Crippen LogP contribution in [-0.2, 0) is 16.0 Å². The standard InChI is InChI=1S/C26H29N5O4S/c1-3-4-13-31-16-19(15-23(31)32)25(34)27-20-11-9-17(10-12-20)24(33)28-26-30-29-22(36-26)14-18-7-5-6-8-21(18)35-2/h5-12,19H,3-4,13-16H2,1-2H3,(H,27,34)(H,28,30,33). The highest BCUT2D eigenvalue weighted by molar-refractivity contribution is 7.15. The summed E-state index contributed by atoms with van der Waals surface area (Å²) in [6, 6.07) is 14.3. The number of benzene rings is 2. The van der Waals surface area contributed by atoms with Gasteiger partial charge in [0, 0.05) is 42.7 Å². The lowest BCUT2D eigenvalue weighted by Gasteiger charge is -2.16. The zero-order valence-corrected chi connectivity index (χ0v) is 21.1. The van der Waals surface area contributed by atoms with E-state index in [4.69, 9.17) is 4.74 Å². The van der Waals surface area contributed by atoms with E-state index in [0.29, 0.717) is 35.9 Å². The van der Waals surface area contributed by atoms with Crippen LogP contribution in [0.5, 0.6) is 5.75 Å². The van der Waals surface area contributed by atoms with Crippen LogP contribution in [0.3, 0.4) is 0 Å². The van der Waals surface area contributed by atoms with E-state index in [2.05, 4.69) is 27.8 Å². The molecular formula is C26H29N5O4S. The molecule has 36 heavy (non-hydrogen) atoms. The lowest BCUT2D eigenvalue weighted by Crippen LogP contribution is -2.29. The number of nitrogens with zero attached hydrogens (tertiary/aromatic N) is 3. The number of carbonyl (C=O) groups excluding carboxylic acids is 3. The Bertz CT molecular complexity index is 1230. The van der Waals surface area contributed by atoms with Crippen LogP contribution in [0.4, 0.5) is 10.8 Å². The first-order valence-corrected chi connectivity index (χ1v) is 12.7. The molecule has 0 radical (unpaired) electrons. The summed E-state index contributed by atoms with van der Waals surface area (Å²) in [5, 5.41) is 15.0. The zero-order valence-electron chi connectivity index (χ0n) is 20.3. The fourth-order valence-electron chi connectivity index (χ4n) is 4.02. The average Bonchev–Trinajstić information content (AvgIpc) is 3.49. The van der Waals surface area contributed by atoms with E-state index < -0.39 is 0 Å². The molecule has 0 saturated carbocycles. The maximum Gasteiger partial charge on any atom is 0.257 e. The normalized spacial score (nSPS) is 15.1. The van der Waals surface area contributed by atoms with Crippen LogP contribution in [0, 0.1) is 5.92 Å². The molecule has 188 valence electrons. The van der Waals surface area contributed by atoms with Crippen LogP contribution in [-0.4, -0.2) is 53.0 Å². The Balaban J connectivity index is 1.30. The minimum Gasteiger partial charge on any atom is -0.496 e. The first-order valence-electron chi connectivity index (χ1n) is 11.9. The SMILES string of the molecule is CCCCN1CC(C(=O)Nc2ccc(C(=O)Nc3nnc(Cc4ccccc4OC)s3)cc2)CC1=O. The van der Waals surface area contributed by atoms with Gasteiger partial charge in [-0.25, -0.2) is 0 Å². The maximum absolute atomic E-state index is 12.7. The number of amides is 3. The third-order valence-electron chi connectivity index (χ3n) is 6.00. The molecule has 0 bridgehead atoms. The Morgan fingerprint density at radius 3 is 2.64 bits per heavy atom. The molecule has 1 aromatic heterocycles. The number of aromatic nitrogens is 2. The molecule has 3 amide bonds. The van der Waals surface area contributed by atoms with Gasteiger partial charge in [0.05, 0.1) is 13.0 Å². The van der Waals surface area contributed by atoms with Crippen LogP contribution in [0.15, 0.2) is 48.5 Å². The van der Waals surface area contributed by atoms with Crippen molar-refractivity contribution in [3.05, 3.63) is 64.7 Å². The highest BCUT2D eigenvalue weighted by atomic mass is 32.1. The minimum atomic E-state index is -0.361. The summed E-state index contributed by atoms with van der Waals surface area (Å²) in [5.41, 5.74) is 1.99. The van der Waals surface area contributed by atoms with Crippen molar-refractivity contribution in [1.82, 2.24) is 15.1 Å². The molecule has 1 aliphatic heterocycles. The van der Waals surface area contributed by atoms with Gasteiger partial charge < -0.3 is 15.0 Å². The molecule has 9 nitrogen and oxygen atoms in total. The van der Waals surface area contributed by atoms with Gasteiger partial charge in [-0.1, -0.05) is 42.9 Å². The fraction of sp³-hybridized carbons (Fsp3) is 0.346. The highest BCUT2D eigenvalue weighted by Gasteiger charge is 2.33. The largest absolute Gasteiger partial charge is 0.496 e. The van der Waals surface area contributed by atoms with Crippen LogP contribution < -0.4 is 15.4 Å². The van der Waals surface area contributed by atoms with Gasteiger partial charge in [-0.15, -0.1) is 10.2 Å². The molecule has 0 aliphatic carbocycles. The van der Waals surface area contributed by atoms with Gasteiger partial charge in [-0.05, 0) is 36.8 Å². The number of rotatable bonds is 10. The summed E-state index contributed by atoms with van der Waals surface area (Å²) in [6.45, 7) is 3.22. The van der Waals surface area contributed by atoms with Crippen LogP contribution in [0.1, 0.15) is 47.1 Å². The van der Waals surface area contributed by atoms with Gasteiger partial charge in [-0.2, -0.15) is 0 Å². The lowest BCUT2D eigenvalue weighted by molar-refractivity contribution is -0.128. The molecule has 10 heteroatoms. The number of methoxy groups -OCH3 is 1. The second-order valence-corrected chi connectivity index (χ2v) is 9.67. The molecule has 1 saturated heterocycles. The minimum absolute atomic E-state index is 0.0263. The monoisotopic (exact) mass is 507 g/mol. The summed E-state index contributed by atoms with van der Waals surface area (Å²) in [7, 11) is 1.62. The van der Waals surface area contributed by atoms with Gasteiger partial charge >= 0.3 is 0 Å². The Kier molecular flexibility index (Phi) is 8.27. The number of nitrogens with one attached hydrogen (secondary N) is 2. The van der Waals surface area contributed by atoms with E-state index in [1.165, 1.54) is 11.3 Å². The van der Waals surface area contributed by atoms with Crippen LogP contribution >= 0.6 is 11.3 Å². The predicted molar refractivity (Wildman–Crippen MR) is 138 cm³/mol. The molecule has 1 atom stereocenters. The molecule has 1 fully saturated rings. The second-order valence-electron chi connectivity index (χ2n) is 8.60. The lowest BCUT2D eigenvalue weighted by atomic mass is 10.1. The zero-order chi connectivity index (χ0) is 25.5. The molecule has 0 spiro atoms. The van der Waals surface area contributed by atoms with Crippen molar-refractivity contribution < 1.29 is 19.1 Å². The predicted octanol–water partition coefficient (Wildman–Crippen LogP) is 3.98. The van der Waals surface area contributed by atoms with Crippen molar-refractivity contribution in [3.8, 4) is 5.75 Å². The summed E-state index contributed by atoms with van der Waals surface area (Å²) < 4.78 is 5.38. The molecule has 2 N–H and O–H groups in total. The number of likely N-dealkylation sites (tertiary alicyclic amines) is 1. The van der Waals surface area contributed by atoms with Crippen molar-refractivity contribution in [2.75, 3.05) is 30.8 Å². The summed E-state index contributed by atoms with van der Waals surface area (Å²) >= 11 is 1.30. The number of hydrogen-bond donors (Lipinski definition) is 2. The van der Waals surface area contributed by atoms with E-state index in [9.17, 15) is 14.4 Å².